The molecule has 0 saturated carbocycles. The largest absolute Gasteiger partial charge is 0.354 e. The summed E-state index contributed by atoms with van der Waals surface area (Å²) in [6.45, 7) is 4.54. The summed E-state index contributed by atoms with van der Waals surface area (Å²) in [5.41, 5.74) is 2.20. The quantitative estimate of drug-likeness (QED) is 0.455. The van der Waals surface area contributed by atoms with E-state index in [0.29, 0.717) is 6.04 Å². The van der Waals surface area contributed by atoms with Crippen LogP contribution >= 0.6 is 11.3 Å². The lowest BCUT2D eigenvalue weighted by atomic mass is 10.1. The van der Waals surface area contributed by atoms with Crippen LogP contribution in [0.3, 0.4) is 0 Å². The van der Waals surface area contributed by atoms with E-state index in [1.165, 1.54) is 48.2 Å². The molecule has 2 aliphatic heterocycles. The molecule has 2 aliphatic rings. The fourth-order valence-electron chi connectivity index (χ4n) is 4.92. The standard InChI is InChI=1S/C25H25N5S/c1-2-7-18(8-3-1)22-15-21-24(30-14-6-13-29-12-5-10-20(29)17-30)27-23(28-25(21)31-22)19-9-4-11-26-16-19/h1-4,7-9,11,15-16,20H,5-6,10,12-14,17H2. The number of benzene rings is 1. The van der Waals surface area contributed by atoms with Crippen LogP contribution in [-0.2, 0) is 0 Å². The lowest BCUT2D eigenvalue weighted by Gasteiger charge is -2.27. The Kier molecular flexibility index (Phi) is 4.89. The summed E-state index contributed by atoms with van der Waals surface area (Å²) in [5.74, 6) is 1.85. The molecule has 2 saturated heterocycles. The highest BCUT2D eigenvalue weighted by Crippen LogP contribution is 2.38. The third kappa shape index (κ3) is 3.60. The van der Waals surface area contributed by atoms with Gasteiger partial charge in [-0.1, -0.05) is 30.3 Å². The van der Waals surface area contributed by atoms with Gasteiger partial charge in [-0.05, 0) is 49.6 Å². The molecule has 0 radical (unpaired) electrons. The van der Waals surface area contributed by atoms with Crippen LogP contribution in [0.5, 0.6) is 0 Å². The molecule has 0 amide bonds. The Hall–Kier alpha value is -2.83. The van der Waals surface area contributed by atoms with Crippen molar-refractivity contribution in [2.24, 2.45) is 0 Å². The summed E-state index contributed by atoms with van der Waals surface area (Å²) in [5, 5.41) is 1.17. The molecule has 5 nitrogen and oxygen atoms in total. The van der Waals surface area contributed by atoms with Crippen LogP contribution in [0.25, 0.3) is 32.0 Å². The van der Waals surface area contributed by atoms with Crippen molar-refractivity contribution in [3.8, 4) is 21.8 Å². The van der Waals surface area contributed by atoms with Crippen molar-refractivity contribution < 1.29 is 0 Å². The molecule has 0 N–H and O–H groups in total. The van der Waals surface area contributed by atoms with Gasteiger partial charge in [0.1, 0.15) is 10.6 Å². The van der Waals surface area contributed by atoms with E-state index in [2.05, 4.69) is 51.2 Å². The minimum Gasteiger partial charge on any atom is -0.354 e. The molecule has 5 heterocycles. The summed E-state index contributed by atoms with van der Waals surface area (Å²) in [4.78, 5) is 21.9. The molecule has 1 aromatic carbocycles. The van der Waals surface area contributed by atoms with Crippen molar-refractivity contribution >= 4 is 27.4 Å². The molecule has 1 unspecified atom stereocenters. The molecule has 1 atom stereocenters. The van der Waals surface area contributed by atoms with Crippen LogP contribution in [0, 0.1) is 0 Å². The first-order chi connectivity index (χ1) is 15.3. The molecule has 0 aliphatic carbocycles. The third-order valence-electron chi connectivity index (χ3n) is 6.45. The minimum atomic E-state index is 0.640. The number of thiophene rings is 1. The van der Waals surface area contributed by atoms with Gasteiger partial charge in [-0.25, -0.2) is 9.97 Å². The molecule has 31 heavy (non-hydrogen) atoms. The van der Waals surface area contributed by atoms with Crippen molar-refractivity contribution in [2.45, 2.75) is 25.3 Å². The first-order valence-corrected chi connectivity index (χ1v) is 11.9. The van der Waals surface area contributed by atoms with Gasteiger partial charge in [-0.2, -0.15) is 0 Å². The van der Waals surface area contributed by atoms with Gasteiger partial charge in [0.05, 0.1) is 5.39 Å². The SMILES string of the molecule is c1ccc(-c2cc3c(N4CCCN5CCCC5C4)nc(-c4cccnc4)nc3s2)cc1. The van der Waals surface area contributed by atoms with E-state index in [-0.39, 0.29) is 0 Å². The van der Waals surface area contributed by atoms with Crippen molar-refractivity contribution in [3.05, 3.63) is 60.9 Å². The van der Waals surface area contributed by atoms with Crippen molar-refractivity contribution in [2.75, 3.05) is 31.1 Å². The van der Waals surface area contributed by atoms with Crippen molar-refractivity contribution in [1.29, 1.82) is 0 Å². The van der Waals surface area contributed by atoms with Gasteiger partial charge in [0, 0.05) is 48.5 Å². The Balaban J connectivity index is 1.49. The van der Waals surface area contributed by atoms with Gasteiger partial charge >= 0.3 is 0 Å². The Morgan fingerprint density at radius 2 is 1.77 bits per heavy atom. The third-order valence-corrected chi connectivity index (χ3v) is 7.53. The topological polar surface area (TPSA) is 45.2 Å². The number of pyridine rings is 1. The normalized spacial score (nSPS) is 19.5. The highest BCUT2D eigenvalue weighted by atomic mass is 32.1. The molecule has 0 spiro atoms. The summed E-state index contributed by atoms with van der Waals surface area (Å²) < 4.78 is 0. The van der Waals surface area contributed by atoms with E-state index in [1.807, 2.05) is 18.3 Å². The van der Waals surface area contributed by atoms with Crippen LogP contribution in [0.4, 0.5) is 5.82 Å². The molecule has 6 rings (SSSR count). The summed E-state index contributed by atoms with van der Waals surface area (Å²) in [6, 6.07) is 17.5. The maximum absolute atomic E-state index is 5.12. The Bertz CT molecular complexity index is 1190. The number of hydrogen-bond acceptors (Lipinski definition) is 6. The molecule has 0 bridgehead atoms. The van der Waals surface area contributed by atoms with E-state index in [4.69, 9.17) is 9.97 Å². The fraction of sp³-hybridized carbons (Fsp3) is 0.320. The summed E-state index contributed by atoms with van der Waals surface area (Å²) in [6.07, 6.45) is 7.44. The zero-order valence-electron chi connectivity index (χ0n) is 17.4. The van der Waals surface area contributed by atoms with Gasteiger partial charge in [-0.15, -0.1) is 11.3 Å². The van der Waals surface area contributed by atoms with Crippen LogP contribution in [-0.4, -0.2) is 52.1 Å². The van der Waals surface area contributed by atoms with E-state index >= 15 is 0 Å². The smallest absolute Gasteiger partial charge is 0.164 e. The molecular weight excluding hydrogens is 402 g/mol. The highest BCUT2D eigenvalue weighted by molar-refractivity contribution is 7.22. The van der Waals surface area contributed by atoms with Gasteiger partial charge in [-0.3, -0.25) is 9.88 Å². The number of fused-ring (bicyclic) bond motifs is 2. The predicted octanol–water partition coefficient (Wildman–Crippen LogP) is 5.09. The van der Waals surface area contributed by atoms with Crippen LogP contribution in [0.1, 0.15) is 19.3 Å². The number of anilines is 1. The van der Waals surface area contributed by atoms with E-state index in [1.54, 1.807) is 17.5 Å². The first-order valence-electron chi connectivity index (χ1n) is 11.1. The number of hydrogen-bond donors (Lipinski definition) is 0. The van der Waals surface area contributed by atoms with Crippen molar-refractivity contribution in [1.82, 2.24) is 19.9 Å². The average Bonchev–Trinajstić information content (AvgIpc) is 3.41. The van der Waals surface area contributed by atoms with Crippen LogP contribution in [0.2, 0.25) is 0 Å². The highest BCUT2D eigenvalue weighted by Gasteiger charge is 2.30. The molecule has 4 aromatic rings. The van der Waals surface area contributed by atoms with Crippen molar-refractivity contribution in [3.63, 3.8) is 0 Å². The lowest BCUT2D eigenvalue weighted by molar-refractivity contribution is 0.273. The lowest BCUT2D eigenvalue weighted by Crippen LogP contribution is -2.37. The second-order valence-corrected chi connectivity index (χ2v) is 9.47. The summed E-state index contributed by atoms with van der Waals surface area (Å²) in [7, 11) is 0. The van der Waals surface area contributed by atoms with Gasteiger partial charge < -0.3 is 4.90 Å². The van der Waals surface area contributed by atoms with Crippen LogP contribution < -0.4 is 4.90 Å². The fourth-order valence-corrected chi connectivity index (χ4v) is 5.95. The Morgan fingerprint density at radius 3 is 2.65 bits per heavy atom. The average molecular weight is 428 g/mol. The molecule has 2 fully saturated rings. The summed E-state index contributed by atoms with van der Waals surface area (Å²) >= 11 is 1.75. The first kappa shape index (κ1) is 18.9. The van der Waals surface area contributed by atoms with E-state index < -0.39 is 0 Å². The van der Waals surface area contributed by atoms with E-state index in [0.717, 1.165) is 35.1 Å². The van der Waals surface area contributed by atoms with E-state index in [9.17, 15) is 0 Å². The number of rotatable bonds is 3. The minimum absolute atomic E-state index is 0.640. The van der Waals surface area contributed by atoms with Gasteiger partial charge in [0.15, 0.2) is 5.82 Å². The molecular formula is C25H25N5S. The maximum atomic E-state index is 5.12. The second kappa shape index (κ2) is 8.02. The van der Waals surface area contributed by atoms with Gasteiger partial charge in [0.2, 0.25) is 0 Å². The molecule has 156 valence electrons. The Morgan fingerprint density at radius 1 is 0.903 bits per heavy atom. The van der Waals surface area contributed by atoms with Gasteiger partial charge in [0.25, 0.3) is 0 Å². The molecule has 3 aromatic heterocycles. The predicted molar refractivity (Wildman–Crippen MR) is 128 cm³/mol. The Labute approximate surface area is 186 Å². The second-order valence-electron chi connectivity index (χ2n) is 8.44. The zero-order chi connectivity index (χ0) is 20.6. The van der Waals surface area contributed by atoms with Crippen LogP contribution in [0.15, 0.2) is 60.9 Å². The molecule has 6 heteroatoms. The monoisotopic (exact) mass is 427 g/mol. The zero-order valence-corrected chi connectivity index (χ0v) is 18.3. The number of aromatic nitrogens is 3. The maximum Gasteiger partial charge on any atom is 0.164 e. The number of nitrogens with zero attached hydrogens (tertiary/aromatic N) is 5.